The summed E-state index contributed by atoms with van der Waals surface area (Å²) in [7, 11) is 0. The Morgan fingerprint density at radius 3 is 0.182 bits per heavy atom. The van der Waals surface area contributed by atoms with Crippen LogP contribution < -0.4 is 5.73 Å². The lowest BCUT2D eigenvalue weighted by atomic mass is 10.4. The molecule has 0 aliphatic rings. The highest BCUT2D eigenvalue weighted by Crippen LogP contribution is 1.72. The molecule has 0 bridgehead atoms. The maximum atomic E-state index is 9.22. The molecule has 609 valence electrons. The van der Waals surface area contributed by atoms with Crippen molar-refractivity contribution in [3.63, 3.8) is 0 Å². The number of carbonyl (C=O) groups excluding carboxylic acids is 1. The topological polar surface area (TPSA) is 43.1 Å². The van der Waals surface area contributed by atoms with Crippen LogP contribution in [-0.4, -0.2) is 14.3 Å². The molecule has 0 aromatic carbocycles. The van der Waals surface area contributed by atoms with Crippen molar-refractivity contribution in [1.82, 2.24) is 0 Å². The zero-order valence-electron chi connectivity index (χ0n) is 76.1. The minimum absolute atomic E-state index is 0. The highest BCUT2D eigenvalue weighted by Gasteiger charge is 1.72. The minimum Gasteiger partial charge on any atom is -0.370 e. The number of hydrogen-bond acceptors (Lipinski definition) is 1. The van der Waals surface area contributed by atoms with E-state index in [1.807, 2.05) is 13.8 Å². The van der Waals surface area contributed by atoms with E-state index in [1.165, 1.54) is 6.92 Å². The molecule has 0 atom stereocenters. The van der Waals surface area contributed by atoms with Crippen LogP contribution >= 0.6 is 0 Å². The van der Waals surface area contributed by atoms with Crippen molar-refractivity contribution >= 4 is 14.3 Å². The van der Waals surface area contributed by atoms with Crippen LogP contribution in [0.25, 0.3) is 0 Å². The van der Waals surface area contributed by atoms with Crippen molar-refractivity contribution in [2.24, 2.45) is 5.73 Å². The Labute approximate surface area is 875 Å². The van der Waals surface area contributed by atoms with Crippen molar-refractivity contribution in [2.45, 2.75) is 27.7 Å². The van der Waals surface area contributed by atoms with E-state index in [0.717, 1.165) is 0 Å². The SMILES string of the molecule is C#CC#CC#CC#CC#CC#CC#CC#CC#CC#CC#CC#CC#CC#CC#CC#CC#CC#CC#CC#CC#CC#CC#CC#CC#CC#CC#CC#CC#CC#CC#CC#CC#CC#CC#CC#CC#CC#CC#CC#CC#CC#CC#CC#CC#CC#CC#CC#CC#CC#CC#CC#CC#CC#CC#CC#CC#CC#CC#CC#CC#CC#CC#CC#CC#CC#CC#CC#CC#CC#CC.CC.CC(N)=O.[B]. The molecule has 1 amide bonds. The molecular weight excluding hydrogens is 1780 g/mol. The van der Waals surface area contributed by atoms with Gasteiger partial charge in [-0.25, -0.2) is 0 Å². The molecule has 0 spiro atoms. The molecule has 0 aliphatic heterocycles. The molecular formula is C145H15BNO. The van der Waals surface area contributed by atoms with Crippen LogP contribution in [0, 0.1) is 829 Å². The zero-order valence-corrected chi connectivity index (χ0v) is 76.1. The predicted octanol–water partition coefficient (Wildman–Crippen LogP) is 1.01. The van der Waals surface area contributed by atoms with E-state index < -0.39 is 0 Å². The lowest BCUT2D eigenvalue weighted by Crippen LogP contribution is -2.01. The van der Waals surface area contributed by atoms with Crippen LogP contribution in [0.4, 0.5) is 0 Å². The van der Waals surface area contributed by atoms with Crippen molar-refractivity contribution in [3.8, 4) is 829 Å². The Kier molecular flexibility index (Phi) is 103. The molecule has 0 aromatic rings. The molecule has 0 fully saturated rings. The van der Waals surface area contributed by atoms with Crippen molar-refractivity contribution < 1.29 is 4.79 Å². The summed E-state index contributed by atoms with van der Waals surface area (Å²) in [4.78, 5) is 9.22. The summed E-state index contributed by atoms with van der Waals surface area (Å²) in [5.41, 5.74) is 4.47. The second kappa shape index (κ2) is 124. The Bertz CT molecular complexity index is 9870. The molecule has 0 aliphatic carbocycles. The summed E-state index contributed by atoms with van der Waals surface area (Å²) < 4.78 is 0. The van der Waals surface area contributed by atoms with Crippen molar-refractivity contribution in [2.75, 3.05) is 0 Å². The number of terminal acetylenes is 1. The fraction of sp³-hybridized carbons (Fsp3) is 0.0276. The standard InChI is InChI=1S/C141H4.C2H5NO.C2H6.B/c1-3-5-7-9-11-13-15-17-19-21-23-25-27-29-31-33-35-37-39-41-43-45-47-49-51-53-55-57-59-61-63-65-67-69-71-73-75-77-79-81-83-85-87-89-91-93-95-97-99-101-103-105-107-109-111-113-115-117-119-121-123-125-127-129-131-133-135-137-139-141-140-138-136-134-132-130-128-126-124-122-120-118-116-114-112-110-108-106-104-102-100-98-96-94-92-90-88-86-84-82-80-78-76-74-72-70-68-66-64-62-60-58-56-54-52-50-48-46-44-42-40-38-36-34-32-30-28-26-24-22-20-18-16-14-12-10-8-6-4-2;1-2(3)4;1-2;/h1H,2H3;1H3,(H2,3,4);1-2H3;. The summed E-state index contributed by atoms with van der Waals surface area (Å²) >= 11 is 0. The van der Waals surface area contributed by atoms with Gasteiger partial charge >= 0.3 is 0 Å². The molecule has 2 N–H and O–H groups in total. The first-order valence-electron chi connectivity index (χ1n) is 37.3. The molecule has 0 saturated carbocycles. The Morgan fingerprint density at radius 1 is 0.115 bits per heavy atom. The largest absolute Gasteiger partial charge is 0.370 e. The van der Waals surface area contributed by atoms with Gasteiger partial charge in [0, 0.05) is 738 Å². The third-order valence-electron chi connectivity index (χ3n) is 8.70. The Balaban J connectivity index is -0.0000144. The van der Waals surface area contributed by atoms with Gasteiger partial charge in [0.2, 0.25) is 5.91 Å². The van der Waals surface area contributed by atoms with E-state index in [1.54, 1.807) is 6.92 Å². The lowest BCUT2D eigenvalue weighted by Gasteiger charge is -1.60. The van der Waals surface area contributed by atoms with Gasteiger partial charge in [-0.1, -0.05) is 19.8 Å². The van der Waals surface area contributed by atoms with E-state index >= 15 is 0 Å². The van der Waals surface area contributed by atoms with Crippen LogP contribution in [0.3, 0.4) is 0 Å². The average molecular weight is 1800 g/mol. The second-order valence-corrected chi connectivity index (χ2v) is 18.1. The van der Waals surface area contributed by atoms with E-state index in [0.29, 0.717) is 0 Å². The van der Waals surface area contributed by atoms with E-state index in [4.69, 9.17) is 6.42 Å². The molecule has 0 unspecified atom stereocenters. The number of carbonyl (C=O) groups is 1. The van der Waals surface area contributed by atoms with Gasteiger partial charge in [0.25, 0.3) is 0 Å². The summed E-state index contributed by atoms with van der Waals surface area (Å²) in [5, 5.41) is 0. The fourth-order valence-electron chi connectivity index (χ4n) is 4.32. The van der Waals surface area contributed by atoms with Crippen LogP contribution in [0.5, 0.6) is 0 Å². The molecule has 0 saturated heterocycles. The molecule has 148 heavy (non-hydrogen) atoms. The monoisotopic (exact) mass is 1800 g/mol. The third-order valence-corrected chi connectivity index (χ3v) is 8.70. The first-order chi connectivity index (χ1) is 73.1. The smallest absolute Gasteiger partial charge is 0.214 e. The lowest BCUT2D eigenvalue weighted by molar-refractivity contribution is -0.115. The van der Waals surface area contributed by atoms with Crippen LogP contribution in [0.2, 0.25) is 0 Å². The second-order valence-electron chi connectivity index (χ2n) is 18.1. The van der Waals surface area contributed by atoms with Crippen molar-refractivity contribution in [3.05, 3.63) is 0 Å². The Hall–Kier alpha value is -31.3. The summed E-state index contributed by atoms with van der Waals surface area (Å²) in [6, 6.07) is 0. The molecule has 0 rings (SSSR count). The molecule has 3 radical (unpaired) electrons. The maximum absolute atomic E-state index is 9.22. The molecule has 2 nitrogen and oxygen atoms in total. The number of rotatable bonds is 0. The van der Waals surface area contributed by atoms with Gasteiger partial charge in [-0.3, -0.25) is 4.79 Å². The summed E-state index contributed by atoms with van der Waals surface area (Å²) in [6.45, 7) is 6.99. The average Bonchev–Trinajstić information content (AvgIpc) is 1.09. The highest BCUT2D eigenvalue weighted by molar-refractivity contribution is 5.76. The molecule has 0 heterocycles. The summed E-state index contributed by atoms with van der Waals surface area (Å²) in [6.07, 6.45) is 4.96. The van der Waals surface area contributed by atoms with Crippen LogP contribution in [0.1, 0.15) is 27.7 Å². The highest BCUT2D eigenvalue weighted by atomic mass is 16.1. The first kappa shape index (κ1) is 123. The number of primary amides is 1. The predicted molar refractivity (Wildman–Crippen MR) is 583 cm³/mol. The van der Waals surface area contributed by atoms with Crippen molar-refractivity contribution in [1.29, 1.82) is 0 Å². The fourth-order valence-corrected chi connectivity index (χ4v) is 4.32. The molecule has 3 heteroatoms. The summed E-state index contributed by atoms with van der Waals surface area (Å²) in [5.74, 6) is 347. The first-order valence-corrected chi connectivity index (χ1v) is 37.3. The quantitative estimate of drug-likeness (QED) is 0.286. The normalized spacial score (nSPS) is 3.99. The van der Waals surface area contributed by atoms with Gasteiger partial charge in [0.1, 0.15) is 0 Å². The van der Waals surface area contributed by atoms with Gasteiger partial charge in [0.15, 0.2) is 0 Å². The van der Waals surface area contributed by atoms with Gasteiger partial charge in [-0.05, 0) is 102 Å². The van der Waals surface area contributed by atoms with E-state index in [-0.39, 0.29) is 14.3 Å². The maximum Gasteiger partial charge on any atom is 0.214 e. The van der Waals surface area contributed by atoms with Crippen LogP contribution in [-0.2, 0) is 4.79 Å². The number of amides is 1. The molecule has 0 aromatic heterocycles. The Morgan fingerprint density at radius 2 is 0.149 bits per heavy atom. The van der Waals surface area contributed by atoms with E-state index in [9.17, 15) is 4.79 Å². The number of hydrogen-bond donors (Lipinski definition) is 1. The third kappa shape index (κ3) is 130. The van der Waals surface area contributed by atoms with E-state index in [2.05, 4.69) is 829 Å². The van der Waals surface area contributed by atoms with Crippen LogP contribution in [0.15, 0.2) is 0 Å². The van der Waals surface area contributed by atoms with Gasteiger partial charge < -0.3 is 5.73 Å². The zero-order chi connectivity index (χ0) is 106. The van der Waals surface area contributed by atoms with Gasteiger partial charge in [-0.2, -0.15) is 0 Å². The number of nitrogens with two attached hydrogens (primary N) is 1. The van der Waals surface area contributed by atoms with Gasteiger partial charge in [-0.15, -0.1) is 6.42 Å². The van der Waals surface area contributed by atoms with Gasteiger partial charge in [0.05, 0.1) is 0 Å². The minimum atomic E-state index is -0.333.